The van der Waals surface area contributed by atoms with Crippen LogP contribution in [-0.2, 0) is 22.6 Å². The predicted molar refractivity (Wildman–Crippen MR) is 153 cm³/mol. The van der Waals surface area contributed by atoms with Crippen LogP contribution in [0.1, 0.15) is 30.0 Å². The number of hydrazone groups is 1. The van der Waals surface area contributed by atoms with Crippen molar-refractivity contribution in [2.45, 2.75) is 26.4 Å². The molecule has 0 heterocycles. The van der Waals surface area contributed by atoms with Gasteiger partial charge in [0, 0.05) is 16.1 Å². The number of rotatable bonds is 12. The number of nitrogens with one attached hydrogen (secondary N) is 2. The van der Waals surface area contributed by atoms with Gasteiger partial charge in [-0.25, -0.2) is 5.43 Å². The van der Waals surface area contributed by atoms with Gasteiger partial charge in [0.1, 0.15) is 13.0 Å². The highest BCUT2D eigenvalue weighted by Gasteiger charge is 2.15. The summed E-state index contributed by atoms with van der Waals surface area (Å²) in [6.45, 7) is 6.37. The van der Waals surface area contributed by atoms with Crippen LogP contribution in [-0.4, -0.2) is 24.6 Å². The van der Waals surface area contributed by atoms with Gasteiger partial charge in [-0.1, -0.05) is 65.1 Å². The number of ether oxygens (including phenoxy) is 2. The lowest BCUT2D eigenvalue weighted by atomic mass is 10.1. The summed E-state index contributed by atoms with van der Waals surface area (Å²) >= 11 is 18.3. The summed E-state index contributed by atoms with van der Waals surface area (Å²) in [6.07, 6.45) is 3.26. The van der Waals surface area contributed by atoms with Crippen molar-refractivity contribution in [1.82, 2.24) is 5.43 Å². The monoisotopic (exact) mass is 573 g/mol. The highest BCUT2D eigenvalue weighted by molar-refractivity contribution is 6.44. The molecule has 0 aromatic heterocycles. The summed E-state index contributed by atoms with van der Waals surface area (Å²) in [4.78, 5) is 24.4. The Morgan fingerprint density at radius 3 is 2.47 bits per heavy atom. The largest absolute Gasteiger partial charge is 0.490 e. The first-order valence-corrected chi connectivity index (χ1v) is 12.8. The molecular formula is C28H26Cl3N3O4. The quantitative estimate of drug-likeness (QED) is 0.107. The zero-order chi connectivity index (χ0) is 27.5. The van der Waals surface area contributed by atoms with Crippen molar-refractivity contribution in [2.24, 2.45) is 5.10 Å². The molecule has 3 aromatic carbocycles. The van der Waals surface area contributed by atoms with Crippen molar-refractivity contribution < 1.29 is 19.1 Å². The Morgan fingerprint density at radius 1 is 0.974 bits per heavy atom. The van der Waals surface area contributed by atoms with Gasteiger partial charge in [-0.15, -0.1) is 6.58 Å². The lowest BCUT2D eigenvalue weighted by Crippen LogP contribution is -2.24. The van der Waals surface area contributed by atoms with E-state index in [0.717, 1.165) is 11.1 Å². The van der Waals surface area contributed by atoms with Gasteiger partial charge in [0.25, 0.3) is 0 Å². The summed E-state index contributed by atoms with van der Waals surface area (Å²) in [7, 11) is 0. The minimum absolute atomic E-state index is 0.195. The molecule has 0 fully saturated rings. The van der Waals surface area contributed by atoms with E-state index < -0.39 is 18.2 Å². The molecule has 0 aliphatic carbocycles. The van der Waals surface area contributed by atoms with Crippen molar-refractivity contribution in [3.8, 4) is 11.5 Å². The van der Waals surface area contributed by atoms with E-state index in [9.17, 15) is 9.59 Å². The molecule has 0 aliphatic heterocycles. The van der Waals surface area contributed by atoms with Gasteiger partial charge in [0.2, 0.25) is 11.8 Å². The number of nitrogens with zero attached hydrogens (tertiary/aromatic N) is 1. The van der Waals surface area contributed by atoms with Crippen LogP contribution < -0.4 is 20.2 Å². The molecule has 0 spiro atoms. The number of halogens is 3. The van der Waals surface area contributed by atoms with E-state index in [4.69, 9.17) is 44.3 Å². The van der Waals surface area contributed by atoms with E-state index >= 15 is 0 Å². The van der Waals surface area contributed by atoms with Gasteiger partial charge in [-0.05, 0) is 49.2 Å². The molecule has 7 nitrogen and oxygen atoms in total. The Labute approximate surface area is 236 Å². The van der Waals surface area contributed by atoms with E-state index in [2.05, 4.69) is 22.4 Å². The van der Waals surface area contributed by atoms with Crippen molar-refractivity contribution in [1.29, 1.82) is 0 Å². The van der Waals surface area contributed by atoms with Gasteiger partial charge < -0.3 is 14.8 Å². The van der Waals surface area contributed by atoms with Gasteiger partial charge in [-0.2, -0.15) is 5.10 Å². The fourth-order valence-electron chi connectivity index (χ4n) is 3.42. The number of anilines is 1. The van der Waals surface area contributed by atoms with Crippen LogP contribution in [0.15, 0.2) is 72.4 Å². The Kier molecular flexibility index (Phi) is 11.0. The van der Waals surface area contributed by atoms with Crippen LogP contribution in [0.3, 0.4) is 0 Å². The van der Waals surface area contributed by atoms with E-state index in [1.54, 1.807) is 36.4 Å². The fraction of sp³-hybridized carbons (Fsp3) is 0.179. The third kappa shape index (κ3) is 8.25. The number of amides is 2. The molecule has 3 rings (SSSR count). The van der Waals surface area contributed by atoms with E-state index in [1.807, 2.05) is 31.2 Å². The van der Waals surface area contributed by atoms with Crippen LogP contribution in [0.2, 0.25) is 15.1 Å². The van der Waals surface area contributed by atoms with Crippen LogP contribution in [0.4, 0.5) is 5.69 Å². The van der Waals surface area contributed by atoms with Crippen molar-refractivity contribution in [3.63, 3.8) is 0 Å². The average molecular weight is 575 g/mol. The summed E-state index contributed by atoms with van der Waals surface area (Å²) in [5.41, 5.74) is 4.99. The molecule has 0 saturated carbocycles. The number of carbonyl (C=O) groups excluding carboxylic acids is 2. The molecule has 198 valence electrons. The molecule has 0 radical (unpaired) electrons. The Morgan fingerprint density at radius 2 is 1.74 bits per heavy atom. The minimum atomic E-state index is -0.604. The standard InChI is InChI=1S/C28H26Cl3N3O4/c1-3-8-19-13-18(14-24(37-4-2)28(19)38-17-20-9-5-6-10-21(20)29)16-32-34-26(36)15-25(35)33-23-12-7-11-22(30)27(23)31/h3,5-7,9-14,16H,1,4,8,15,17H2,2H3,(H,33,35)(H,34,36). The molecule has 10 heteroatoms. The van der Waals surface area contributed by atoms with Crippen molar-refractivity contribution >= 4 is 58.5 Å². The van der Waals surface area contributed by atoms with Gasteiger partial charge in [-0.3, -0.25) is 9.59 Å². The average Bonchev–Trinajstić information content (AvgIpc) is 2.87. The first kappa shape index (κ1) is 29.0. The normalized spacial score (nSPS) is 10.7. The second-order valence-electron chi connectivity index (χ2n) is 7.93. The summed E-state index contributed by atoms with van der Waals surface area (Å²) in [5.74, 6) is -0.0737. The molecule has 0 unspecified atom stereocenters. The maximum atomic E-state index is 12.2. The SMILES string of the molecule is C=CCc1cc(C=NNC(=O)CC(=O)Nc2cccc(Cl)c2Cl)cc(OCC)c1OCc1ccccc1Cl. The molecule has 0 atom stereocenters. The topological polar surface area (TPSA) is 89.0 Å². The second kappa shape index (κ2) is 14.4. The van der Waals surface area contributed by atoms with E-state index in [-0.39, 0.29) is 11.6 Å². The zero-order valence-electron chi connectivity index (χ0n) is 20.6. The molecule has 0 aliphatic rings. The van der Waals surface area contributed by atoms with E-state index in [1.165, 1.54) is 6.21 Å². The minimum Gasteiger partial charge on any atom is -0.490 e. The van der Waals surface area contributed by atoms with Gasteiger partial charge in [0.15, 0.2) is 11.5 Å². The number of carbonyl (C=O) groups is 2. The molecule has 2 N–H and O–H groups in total. The Bertz CT molecular complexity index is 1340. The van der Waals surface area contributed by atoms with Crippen LogP contribution >= 0.6 is 34.8 Å². The Balaban J connectivity index is 1.68. The maximum Gasteiger partial charge on any atom is 0.249 e. The summed E-state index contributed by atoms with van der Waals surface area (Å²) in [5, 5.41) is 7.63. The van der Waals surface area contributed by atoms with Crippen molar-refractivity contribution in [3.05, 3.63) is 99.0 Å². The number of benzene rings is 3. The fourth-order valence-corrected chi connectivity index (χ4v) is 3.95. The molecule has 3 aromatic rings. The highest BCUT2D eigenvalue weighted by Crippen LogP contribution is 2.35. The van der Waals surface area contributed by atoms with Crippen LogP contribution in [0.25, 0.3) is 0 Å². The lowest BCUT2D eigenvalue weighted by Gasteiger charge is -2.17. The maximum absolute atomic E-state index is 12.2. The van der Waals surface area contributed by atoms with Gasteiger partial charge in [0.05, 0.1) is 28.6 Å². The third-order valence-corrected chi connectivity index (χ3v) is 6.29. The number of hydrogen-bond donors (Lipinski definition) is 2. The summed E-state index contributed by atoms with van der Waals surface area (Å²) in [6, 6.07) is 15.9. The molecule has 38 heavy (non-hydrogen) atoms. The Hall–Kier alpha value is -3.52. The molecular weight excluding hydrogens is 549 g/mol. The second-order valence-corrected chi connectivity index (χ2v) is 9.13. The zero-order valence-corrected chi connectivity index (χ0v) is 22.9. The molecule has 2 amide bonds. The first-order chi connectivity index (χ1) is 18.3. The molecule has 0 saturated heterocycles. The number of hydrogen-bond acceptors (Lipinski definition) is 5. The lowest BCUT2D eigenvalue weighted by molar-refractivity contribution is -0.126. The number of allylic oxidation sites excluding steroid dienone is 1. The smallest absolute Gasteiger partial charge is 0.249 e. The van der Waals surface area contributed by atoms with Crippen molar-refractivity contribution in [2.75, 3.05) is 11.9 Å². The van der Waals surface area contributed by atoms with Gasteiger partial charge >= 0.3 is 0 Å². The summed E-state index contributed by atoms with van der Waals surface area (Å²) < 4.78 is 11.9. The predicted octanol–water partition coefficient (Wildman–Crippen LogP) is 6.83. The highest BCUT2D eigenvalue weighted by atomic mass is 35.5. The van der Waals surface area contributed by atoms with Crippen LogP contribution in [0.5, 0.6) is 11.5 Å². The van der Waals surface area contributed by atoms with Crippen LogP contribution in [0, 0.1) is 0 Å². The third-order valence-electron chi connectivity index (χ3n) is 5.10. The van der Waals surface area contributed by atoms with E-state index in [0.29, 0.717) is 45.8 Å². The first-order valence-electron chi connectivity index (χ1n) is 11.6. The molecule has 0 bridgehead atoms.